The van der Waals surface area contributed by atoms with Crippen molar-refractivity contribution in [3.05, 3.63) is 124 Å². The summed E-state index contributed by atoms with van der Waals surface area (Å²) in [6, 6.07) is 33.5. The summed E-state index contributed by atoms with van der Waals surface area (Å²) in [6.45, 7) is 0. The van der Waals surface area contributed by atoms with E-state index in [2.05, 4.69) is 171 Å². The fraction of sp³-hybridized carbons (Fsp3) is 0.200. The Bertz CT molecular complexity index is 1150. The lowest BCUT2D eigenvalue weighted by atomic mass is 9.90. The predicted molar refractivity (Wildman–Crippen MR) is 178 cm³/mol. The first-order valence-corrected chi connectivity index (χ1v) is 19.3. The third-order valence-electron chi connectivity index (χ3n) is 6.84. The molecule has 0 radical (unpaired) electrons. The molecule has 4 aromatic carbocycles. The van der Waals surface area contributed by atoms with Crippen LogP contribution in [0.25, 0.3) is 0 Å². The second-order valence-electron chi connectivity index (χ2n) is 8.51. The lowest BCUT2D eigenvalue weighted by Crippen LogP contribution is -3.00. The number of rotatable bonds is 10. The molecule has 0 saturated carbocycles. The van der Waals surface area contributed by atoms with Gasteiger partial charge >= 0.3 is 0 Å². The van der Waals surface area contributed by atoms with Crippen LogP contribution in [0.2, 0.25) is 0 Å². The van der Waals surface area contributed by atoms with E-state index in [9.17, 15) is 0 Å². The summed E-state index contributed by atoms with van der Waals surface area (Å²) in [5, 5.41) is 8.38. The van der Waals surface area contributed by atoms with Gasteiger partial charge in [0.2, 0.25) is 0 Å². The maximum Gasteiger partial charge on any atom is 0.116 e. The molecule has 194 valence electrons. The summed E-state index contributed by atoms with van der Waals surface area (Å²) in [6.07, 6.45) is 0.968. The Labute approximate surface area is 274 Å². The van der Waals surface area contributed by atoms with Crippen LogP contribution in [0.1, 0.15) is 33.4 Å². The maximum atomic E-state index is 3.90. The Morgan fingerprint density at radius 1 is 0.378 bits per heavy atom. The molecule has 0 aliphatic heterocycles. The molecule has 0 fully saturated rings. The quantitative estimate of drug-likeness (QED) is 0.124. The van der Waals surface area contributed by atoms with Gasteiger partial charge < -0.3 is 17.0 Å². The van der Waals surface area contributed by atoms with Crippen LogP contribution in [-0.2, 0) is 32.8 Å². The third-order valence-corrected chi connectivity index (χ3v) is 14.0. The minimum absolute atomic E-state index is 0. The highest BCUT2D eigenvalue weighted by molar-refractivity contribution is 9.09. The molecule has 0 aliphatic rings. The second kappa shape index (κ2) is 15.3. The van der Waals surface area contributed by atoms with E-state index < -0.39 is 7.26 Å². The van der Waals surface area contributed by atoms with Crippen LogP contribution in [0.15, 0.2) is 91.0 Å². The van der Waals surface area contributed by atoms with Crippen LogP contribution < -0.4 is 32.9 Å². The van der Waals surface area contributed by atoms with Crippen LogP contribution in [0, 0.1) is 0 Å². The minimum Gasteiger partial charge on any atom is -1.00 e. The molecule has 0 N–H and O–H groups in total. The van der Waals surface area contributed by atoms with E-state index in [1.54, 1.807) is 0 Å². The average Bonchev–Trinajstić information content (AvgIpc) is 2.96. The number of benzene rings is 4. The maximum absolute atomic E-state index is 3.90. The lowest BCUT2D eigenvalue weighted by Gasteiger charge is -2.31. The summed E-state index contributed by atoms with van der Waals surface area (Å²) < 4.78 is 0. The molecule has 4 aromatic rings. The van der Waals surface area contributed by atoms with Crippen molar-refractivity contribution in [2.24, 2.45) is 0 Å². The third kappa shape index (κ3) is 6.42. The first-order chi connectivity index (χ1) is 17.7. The fourth-order valence-corrected chi connectivity index (χ4v) is 12.8. The predicted octanol–water partition coefficient (Wildman–Crippen LogP) is 6.66. The Morgan fingerprint density at radius 3 is 0.865 bits per heavy atom. The molecule has 0 bridgehead atoms. The Morgan fingerprint density at radius 2 is 0.622 bits per heavy atom. The van der Waals surface area contributed by atoms with Crippen molar-refractivity contribution >= 4 is 103 Å². The van der Waals surface area contributed by atoms with Crippen LogP contribution in [0.5, 0.6) is 0 Å². The molecule has 0 aliphatic carbocycles. The summed E-state index contributed by atoms with van der Waals surface area (Å²) in [4.78, 5) is 0. The summed E-state index contributed by atoms with van der Waals surface area (Å²) in [5.74, 6) is 0. The summed E-state index contributed by atoms with van der Waals surface area (Å²) in [5.41, 5.74) is 8.46. The van der Waals surface area contributed by atoms with Gasteiger partial charge in [-0.05, 0) is 69.8 Å². The standard InChI is InChI=1S/C30H27Br5P.BrH/c31-16-25-26(17-32)28(19-34)30(29(20-35)27(25)18-33)21-36(22-10-4-1-5-11-22,23-12-6-2-7-13-23)24-14-8-3-9-15-24;/h1-15H,16-21H2;1H/q+1;/p-1. The van der Waals surface area contributed by atoms with E-state index in [1.165, 1.54) is 49.3 Å². The number of halogens is 6. The van der Waals surface area contributed by atoms with Gasteiger partial charge in [0.25, 0.3) is 0 Å². The van der Waals surface area contributed by atoms with E-state index in [1.807, 2.05) is 0 Å². The fourth-order valence-electron chi connectivity index (χ4n) is 5.10. The van der Waals surface area contributed by atoms with Crippen LogP contribution in [-0.4, -0.2) is 0 Å². The van der Waals surface area contributed by atoms with Gasteiger partial charge in [-0.3, -0.25) is 0 Å². The molecule has 0 nitrogen and oxygen atoms in total. The zero-order valence-corrected chi connectivity index (χ0v) is 30.5. The van der Waals surface area contributed by atoms with Crippen LogP contribution >= 0.6 is 86.9 Å². The van der Waals surface area contributed by atoms with Crippen molar-refractivity contribution in [1.82, 2.24) is 0 Å². The molecule has 0 spiro atoms. The van der Waals surface area contributed by atoms with Crippen molar-refractivity contribution in [3.63, 3.8) is 0 Å². The molecule has 0 unspecified atom stereocenters. The van der Waals surface area contributed by atoms with Crippen LogP contribution in [0.3, 0.4) is 0 Å². The van der Waals surface area contributed by atoms with Gasteiger partial charge in [0.05, 0.1) is 6.16 Å². The first kappa shape index (κ1) is 31.7. The Hall–Kier alpha value is 0.190. The molecule has 0 heterocycles. The monoisotopic (exact) mass is 892 g/mol. The topological polar surface area (TPSA) is 0 Å². The minimum atomic E-state index is -2.02. The van der Waals surface area contributed by atoms with Gasteiger partial charge in [-0.2, -0.15) is 0 Å². The molecule has 0 atom stereocenters. The van der Waals surface area contributed by atoms with Crippen molar-refractivity contribution in [2.75, 3.05) is 0 Å². The molecule has 7 heteroatoms. The van der Waals surface area contributed by atoms with Crippen molar-refractivity contribution in [1.29, 1.82) is 0 Å². The summed E-state index contributed by atoms with van der Waals surface area (Å²) in [7, 11) is -2.02. The lowest BCUT2D eigenvalue weighted by molar-refractivity contribution is -0.00000662. The van der Waals surface area contributed by atoms with Gasteiger partial charge in [-0.15, -0.1) is 0 Å². The highest BCUT2D eigenvalue weighted by Crippen LogP contribution is 2.59. The Kier molecular flexibility index (Phi) is 13.1. The SMILES string of the molecule is BrCc1c(CBr)c(CBr)c(C[P+](c2ccccc2)(c2ccccc2)c2ccccc2)c(CBr)c1CBr.[Br-]. The first-order valence-electron chi connectivity index (χ1n) is 11.7. The largest absolute Gasteiger partial charge is 1.00 e. The molecule has 0 amide bonds. The van der Waals surface area contributed by atoms with Gasteiger partial charge in [0, 0.05) is 26.7 Å². The molecular formula is C30H27Br6P. The average molecular weight is 898 g/mol. The van der Waals surface area contributed by atoms with Crippen molar-refractivity contribution < 1.29 is 17.0 Å². The van der Waals surface area contributed by atoms with Crippen molar-refractivity contribution in [2.45, 2.75) is 32.8 Å². The highest BCUT2D eigenvalue weighted by Gasteiger charge is 2.46. The molecule has 4 rings (SSSR count). The van der Waals surface area contributed by atoms with Crippen LogP contribution in [0.4, 0.5) is 0 Å². The number of hydrogen-bond acceptors (Lipinski definition) is 0. The van der Waals surface area contributed by atoms with Gasteiger partial charge in [-0.1, -0.05) is 134 Å². The van der Waals surface area contributed by atoms with E-state index in [0.29, 0.717) is 0 Å². The zero-order valence-electron chi connectivity index (χ0n) is 20.1. The van der Waals surface area contributed by atoms with Gasteiger partial charge in [-0.25, -0.2) is 0 Å². The molecule has 0 aromatic heterocycles. The molecule has 37 heavy (non-hydrogen) atoms. The smallest absolute Gasteiger partial charge is 0.116 e. The number of alkyl halides is 5. The van der Waals surface area contributed by atoms with E-state index in [0.717, 1.165) is 32.8 Å². The van der Waals surface area contributed by atoms with Gasteiger partial charge in [0.1, 0.15) is 23.2 Å². The van der Waals surface area contributed by atoms with Gasteiger partial charge in [0.15, 0.2) is 0 Å². The van der Waals surface area contributed by atoms with E-state index in [-0.39, 0.29) is 17.0 Å². The summed E-state index contributed by atoms with van der Waals surface area (Å²) >= 11 is 19.3. The zero-order chi connectivity index (χ0) is 25.5. The van der Waals surface area contributed by atoms with Crippen molar-refractivity contribution in [3.8, 4) is 0 Å². The Balaban J connectivity index is 0.00000380. The number of hydrogen-bond donors (Lipinski definition) is 0. The highest BCUT2D eigenvalue weighted by atomic mass is 79.9. The van der Waals surface area contributed by atoms with E-state index >= 15 is 0 Å². The normalized spacial score (nSPS) is 11.3. The molecular weight excluding hydrogens is 871 g/mol. The van der Waals surface area contributed by atoms with E-state index in [4.69, 9.17) is 0 Å². The second-order valence-corrected chi connectivity index (χ2v) is 14.8. The molecule has 0 saturated heterocycles.